The van der Waals surface area contributed by atoms with Crippen molar-refractivity contribution < 1.29 is 0 Å². The fourth-order valence-electron chi connectivity index (χ4n) is 4.59. The summed E-state index contributed by atoms with van der Waals surface area (Å²) in [4.78, 5) is 21.5. The van der Waals surface area contributed by atoms with Crippen molar-refractivity contribution in [1.29, 1.82) is 0 Å². The fourth-order valence-corrected chi connectivity index (χ4v) is 4.59. The van der Waals surface area contributed by atoms with Gasteiger partial charge in [-0.15, -0.1) is 0 Å². The Morgan fingerprint density at radius 3 is 2.76 bits per heavy atom. The summed E-state index contributed by atoms with van der Waals surface area (Å²) in [6.45, 7) is 10.4. The molecule has 0 aliphatic rings. The van der Waals surface area contributed by atoms with Crippen molar-refractivity contribution in [1.82, 2.24) is 39.7 Å². The zero-order valence-electron chi connectivity index (χ0n) is 20.9. The van der Waals surface area contributed by atoms with Crippen LogP contribution in [-0.2, 0) is 0 Å². The smallest absolute Gasteiger partial charge is 0.147 e. The topological polar surface area (TPSA) is 113 Å². The van der Waals surface area contributed by atoms with Gasteiger partial charge in [0.05, 0.1) is 46.2 Å². The van der Waals surface area contributed by atoms with Crippen molar-refractivity contribution in [3.63, 3.8) is 0 Å². The summed E-state index contributed by atoms with van der Waals surface area (Å²) < 4.78 is 1.93. The average molecular weight is 490 g/mol. The highest BCUT2D eigenvalue weighted by Gasteiger charge is 2.16. The molecule has 6 heterocycles. The van der Waals surface area contributed by atoms with Gasteiger partial charge in [0.2, 0.25) is 0 Å². The van der Waals surface area contributed by atoms with Gasteiger partial charge in [0.25, 0.3) is 0 Å². The summed E-state index contributed by atoms with van der Waals surface area (Å²) in [7, 11) is 0. The summed E-state index contributed by atoms with van der Waals surface area (Å²) in [6.07, 6.45) is 11.9. The highest BCUT2D eigenvalue weighted by Crippen LogP contribution is 2.32. The van der Waals surface area contributed by atoms with Gasteiger partial charge in [-0.2, -0.15) is 5.10 Å². The zero-order valence-corrected chi connectivity index (χ0v) is 20.9. The molecule has 0 atom stereocenters. The van der Waals surface area contributed by atoms with Gasteiger partial charge in [-0.1, -0.05) is 20.4 Å². The van der Waals surface area contributed by atoms with E-state index in [4.69, 9.17) is 0 Å². The van der Waals surface area contributed by atoms with E-state index in [1.807, 2.05) is 48.3 Å². The first kappa shape index (κ1) is 22.7. The maximum absolute atomic E-state index is 4.66. The summed E-state index contributed by atoms with van der Waals surface area (Å²) in [5.41, 5.74) is 8.05. The highest BCUT2D eigenvalue weighted by molar-refractivity contribution is 5.98. The van der Waals surface area contributed by atoms with Crippen LogP contribution in [0.2, 0.25) is 0 Å². The van der Waals surface area contributed by atoms with Gasteiger partial charge in [0.1, 0.15) is 17.8 Å². The Hall–Kier alpha value is -4.79. The summed E-state index contributed by atoms with van der Waals surface area (Å²) in [5.74, 6) is 1.34. The van der Waals surface area contributed by atoms with Crippen molar-refractivity contribution >= 4 is 27.5 Å². The van der Waals surface area contributed by atoms with Crippen molar-refractivity contribution in [2.45, 2.75) is 27.2 Å². The van der Waals surface area contributed by atoms with Crippen molar-refractivity contribution in [3.05, 3.63) is 79.5 Å². The van der Waals surface area contributed by atoms with Gasteiger partial charge < -0.3 is 10.3 Å². The number of hydrogen-bond acceptors (Lipinski definition) is 6. The molecule has 184 valence electrons. The minimum absolute atomic E-state index is 0.528. The number of aromatic nitrogens is 8. The third-order valence-electron chi connectivity index (χ3n) is 6.20. The average Bonchev–Trinajstić information content (AvgIpc) is 3.60. The number of fused-ring (bicyclic) bond motifs is 2. The second-order valence-corrected chi connectivity index (χ2v) is 9.68. The molecule has 0 spiro atoms. The Balaban J connectivity index is 1.38. The largest absolute Gasteiger partial charge is 0.358 e. The Labute approximate surface area is 213 Å². The van der Waals surface area contributed by atoms with Crippen molar-refractivity contribution in [3.8, 4) is 28.5 Å². The molecule has 0 saturated heterocycles. The number of allylic oxidation sites excluding steroid dienone is 1. The number of hydrogen-bond donors (Lipinski definition) is 3. The number of imidazole rings is 1. The number of H-pyrrole nitrogens is 2. The van der Waals surface area contributed by atoms with Gasteiger partial charge >= 0.3 is 0 Å². The van der Waals surface area contributed by atoms with Crippen LogP contribution in [0, 0.1) is 12.8 Å². The van der Waals surface area contributed by atoms with Crippen LogP contribution < -0.4 is 5.32 Å². The van der Waals surface area contributed by atoms with Gasteiger partial charge in [-0.3, -0.25) is 19.6 Å². The lowest BCUT2D eigenvalue weighted by Gasteiger charge is -2.12. The lowest BCUT2D eigenvalue weighted by molar-refractivity contribution is 0.645. The molecular formula is C28H27N9. The quantitative estimate of drug-likeness (QED) is 0.252. The highest BCUT2D eigenvalue weighted by atomic mass is 15.1. The second kappa shape index (κ2) is 9.02. The van der Waals surface area contributed by atoms with Crippen LogP contribution in [0.15, 0.2) is 73.9 Å². The van der Waals surface area contributed by atoms with Gasteiger partial charge in [-0.05, 0) is 43.5 Å². The van der Waals surface area contributed by atoms with Crippen LogP contribution >= 0.6 is 0 Å². The van der Waals surface area contributed by atoms with Crippen LogP contribution in [0.25, 0.3) is 50.3 Å². The van der Waals surface area contributed by atoms with E-state index in [9.17, 15) is 0 Å². The first-order valence-electron chi connectivity index (χ1n) is 12.2. The molecule has 0 radical (unpaired) electrons. The first-order valence-corrected chi connectivity index (χ1v) is 12.2. The lowest BCUT2D eigenvalue weighted by Crippen LogP contribution is -2.02. The number of aryl methyl sites for hydroxylation is 1. The van der Waals surface area contributed by atoms with E-state index in [2.05, 4.69) is 66.9 Å². The lowest BCUT2D eigenvalue weighted by atomic mass is 10.1. The maximum atomic E-state index is 4.66. The normalized spacial score (nSPS) is 11.6. The number of aromatic amines is 2. The molecule has 6 rings (SSSR count). The zero-order chi connectivity index (χ0) is 25.5. The molecule has 0 aliphatic heterocycles. The minimum Gasteiger partial charge on any atom is -0.358 e. The van der Waals surface area contributed by atoms with E-state index < -0.39 is 0 Å². The number of nitrogens with zero attached hydrogens (tertiary/aromatic N) is 6. The summed E-state index contributed by atoms with van der Waals surface area (Å²) >= 11 is 0. The Morgan fingerprint density at radius 1 is 1.05 bits per heavy atom. The SMILES string of the molecule is C=C(CC(C)C)Nc1cncc(-c2cc3c(-c4cc5c(-n6cnc(C)c6)nccc5[nH]4)n[nH]c3cn2)c1. The number of rotatable bonds is 7. The number of anilines is 1. The van der Waals surface area contributed by atoms with E-state index >= 15 is 0 Å². The van der Waals surface area contributed by atoms with Crippen LogP contribution in [-0.4, -0.2) is 39.7 Å². The molecule has 0 amide bonds. The van der Waals surface area contributed by atoms with Crippen molar-refractivity contribution in [2.24, 2.45) is 5.92 Å². The van der Waals surface area contributed by atoms with Crippen LogP contribution in [0.5, 0.6) is 0 Å². The van der Waals surface area contributed by atoms with Crippen LogP contribution in [0.3, 0.4) is 0 Å². The van der Waals surface area contributed by atoms with E-state index in [1.54, 1.807) is 18.7 Å². The number of pyridine rings is 3. The van der Waals surface area contributed by atoms with Crippen LogP contribution in [0.1, 0.15) is 26.0 Å². The maximum Gasteiger partial charge on any atom is 0.147 e. The summed E-state index contributed by atoms with van der Waals surface area (Å²) in [6, 6.07) is 8.13. The molecule has 0 unspecified atom stereocenters. The Kier molecular flexibility index (Phi) is 5.52. The predicted molar refractivity (Wildman–Crippen MR) is 146 cm³/mol. The Bertz CT molecular complexity index is 1750. The summed E-state index contributed by atoms with van der Waals surface area (Å²) in [5, 5.41) is 13.0. The molecule has 37 heavy (non-hydrogen) atoms. The number of nitrogens with one attached hydrogen (secondary N) is 3. The van der Waals surface area contributed by atoms with E-state index in [1.165, 1.54) is 0 Å². The van der Waals surface area contributed by atoms with Gasteiger partial charge in [0, 0.05) is 40.6 Å². The standard InChI is InChI=1S/C28H27N9/c1-16(2)7-17(3)33-20-8-19(11-29-12-20)24-9-21-26(13-31-24)35-36-27(21)25-10-22-23(34-25)5-6-30-28(22)37-14-18(4)32-15-37/h5-6,8-16,33-34H,3,7H2,1-2,4H3,(H,35,36). The molecule has 0 saturated carbocycles. The third kappa shape index (κ3) is 4.35. The minimum atomic E-state index is 0.528. The molecule has 9 nitrogen and oxygen atoms in total. The third-order valence-corrected chi connectivity index (χ3v) is 6.20. The van der Waals surface area contributed by atoms with Gasteiger partial charge in [0.15, 0.2) is 0 Å². The first-order chi connectivity index (χ1) is 17.9. The molecule has 3 N–H and O–H groups in total. The predicted octanol–water partition coefficient (Wildman–Crippen LogP) is 6.03. The Morgan fingerprint density at radius 2 is 1.95 bits per heavy atom. The van der Waals surface area contributed by atoms with E-state index in [0.717, 1.165) is 73.8 Å². The monoisotopic (exact) mass is 489 g/mol. The molecule has 9 heteroatoms. The van der Waals surface area contributed by atoms with E-state index in [0.29, 0.717) is 5.92 Å². The molecule has 6 aromatic rings. The molecule has 0 fully saturated rings. The molecule has 6 aromatic heterocycles. The second-order valence-electron chi connectivity index (χ2n) is 9.68. The van der Waals surface area contributed by atoms with Gasteiger partial charge in [-0.25, -0.2) is 9.97 Å². The molecule has 0 bridgehead atoms. The molecular weight excluding hydrogens is 462 g/mol. The fraction of sp³-hybridized carbons (Fsp3) is 0.179. The van der Waals surface area contributed by atoms with Crippen molar-refractivity contribution in [2.75, 3.05) is 5.32 Å². The van der Waals surface area contributed by atoms with Crippen LogP contribution in [0.4, 0.5) is 5.69 Å². The van der Waals surface area contributed by atoms with E-state index in [-0.39, 0.29) is 0 Å². The molecule has 0 aromatic carbocycles. The molecule has 0 aliphatic carbocycles.